The second kappa shape index (κ2) is 7.48. The lowest BCUT2D eigenvalue weighted by atomic mass is 10.0. The number of likely N-dealkylation sites (tertiary alicyclic amines) is 1. The highest BCUT2D eigenvalue weighted by molar-refractivity contribution is 5.85. The molecule has 0 spiro atoms. The first-order chi connectivity index (χ1) is 9.83. The van der Waals surface area contributed by atoms with Crippen molar-refractivity contribution < 1.29 is 5.11 Å². The molecular formula is C18H22ClNO. The van der Waals surface area contributed by atoms with E-state index in [0.717, 1.165) is 25.2 Å². The van der Waals surface area contributed by atoms with Crippen LogP contribution in [0.3, 0.4) is 0 Å². The molecule has 0 aromatic heterocycles. The fourth-order valence-corrected chi connectivity index (χ4v) is 2.88. The van der Waals surface area contributed by atoms with Crippen molar-refractivity contribution in [2.45, 2.75) is 25.8 Å². The minimum absolute atomic E-state index is 0. The number of phenols is 1. The van der Waals surface area contributed by atoms with Crippen LogP contribution in [-0.4, -0.2) is 23.1 Å². The molecule has 0 atom stereocenters. The van der Waals surface area contributed by atoms with Crippen molar-refractivity contribution in [1.29, 1.82) is 0 Å². The first-order valence-corrected chi connectivity index (χ1v) is 7.42. The number of benzene rings is 2. The van der Waals surface area contributed by atoms with E-state index in [1.807, 2.05) is 30.3 Å². The number of hydrogen-bond acceptors (Lipinski definition) is 2. The Labute approximate surface area is 132 Å². The van der Waals surface area contributed by atoms with E-state index in [1.165, 1.54) is 30.4 Å². The van der Waals surface area contributed by atoms with E-state index in [0.29, 0.717) is 5.75 Å². The van der Waals surface area contributed by atoms with Crippen molar-refractivity contribution >= 4 is 12.4 Å². The summed E-state index contributed by atoms with van der Waals surface area (Å²) in [6.07, 6.45) is 3.89. The van der Waals surface area contributed by atoms with Gasteiger partial charge in [-0.1, -0.05) is 42.8 Å². The van der Waals surface area contributed by atoms with Crippen LogP contribution in [-0.2, 0) is 6.54 Å². The number of rotatable bonds is 3. The van der Waals surface area contributed by atoms with Gasteiger partial charge in [-0.3, -0.25) is 4.90 Å². The van der Waals surface area contributed by atoms with Gasteiger partial charge in [0.25, 0.3) is 0 Å². The Morgan fingerprint density at radius 1 is 0.857 bits per heavy atom. The van der Waals surface area contributed by atoms with Gasteiger partial charge in [-0.25, -0.2) is 0 Å². The van der Waals surface area contributed by atoms with Gasteiger partial charge in [-0.15, -0.1) is 12.4 Å². The highest BCUT2D eigenvalue weighted by Gasteiger charge is 2.13. The van der Waals surface area contributed by atoms with Gasteiger partial charge >= 0.3 is 0 Å². The molecule has 112 valence electrons. The van der Waals surface area contributed by atoms with Gasteiger partial charge in [0.15, 0.2) is 0 Å². The number of aromatic hydroxyl groups is 1. The van der Waals surface area contributed by atoms with Gasteiger partial charge in [-0.05, 0) is 49.2 Å². The Hall–Kier alpha value is -1.51. The molecule has 21 heavy (non-hydrogen) atoms. The van der Waals surface area contributed by atoms with E-state index in [4.69, 9.17) is 0 Å². The van der Waals surface area contributed by atoms with Gasteiger partial charge in [0, 0.05) is 12.1 Å². The van der Waals surface area contributed by atoms with E-state index >= 15 is 0 Å². The smallest absolute Gasteiger partial charge is 0.120 e. The van der Waals surface area contributed by atoms with E-state index in [9.17, 15) is 5.11 Å². The summed E-state index contributed by atoms with van der Waals surface area (Å²) in [7, 11) is 0. The minimum atomic E-state index is 0. The first-order valence-electron chi connectivity index (χ1n) is 7.42. The van der Waals surface area contributed by atoms with Crippen LogP contribution in [0.4, 0.5) is 0 Å². The molecule has 0 aliphatic carbocycles. The van der Waals surface area contributed by atoms with E-state index in [1.54, 1.807) is 0 Å². The fourth-order valence-electron chi connectivity index (χ4n) is 2.88. The summed E-state index contributed by atoms with van der Waals surface area (Å²) in [5, 5.41) is 10.1. The summed E-state index contributed by atoms with van der Waals surface area (Å²) < 4.78 is 0. The molecule has 1 heterocycles. The van der Waals surface area contributed by atoms with Crippen LogP contribution in [0.25, 0.3) is 11.1 Å². The standard InChI is InChI=1S/C18H21NO.ClH/c20-18-10-9-16(15-7-3-1-4-8-15)13-17(18)14-19-11-5-2-6-12-19;/h1,3-4,7-10,13,20H,2,5-6,11-12,14H2;1H. The number of hydrogen-bond donors (Lipinski definition) is 1. The summed E-state index contributed by atoms with van der Waals surface area (Å²) in [5.41, 5.74) is 3.41. The molecule has 2 aromatic carbocycles. The molecule has 3 heteroatoms. The number of nitrogens with zero attached hydrogens (tertiary/aromatic N) is 1. The molecule has 1 N–H and O–H groups in total. The zero-order valence-electron chi connectivity index (χ0n) is 12.2. The lowest BCUT2D eigenvalue weighted by Gasteiger charge is -2.26. The summed E-state index contributed by atoms with van der Waals surface area (Å²) in [6.45, 7) is 3.15. The van der Waals surface area contributed by atoms with Crippen LogP contribution in [0, 0.1) is 0 Å². The maximum absolute atomic E-state index is 10.1. The molecule has 3 rings (SSSR count). The average molecular weight is 304 g/mol. The maximum Gasteiger partial charge on any atom is 0.120 e. The lowest BCUT2D eigenvalue weighted by molar-refractivity contribution is 0.218. The molecule has 1 fully saturated rings. The Bertz CT molecular complexity index is 565. The third-order valence-corrected chi connectivity index (χ3v) is 4.03. The van der Waals surface area contributed by atoms with E-state index in [2.05, 4.69) is 23.1 Å². The molecule has 2 nitrogen and oxygen atoms in total. The second-order valence-electron chi connectivity index (χ2n) is 5.55. The Morgan fingerprint density at radius 2 is 1.57 bits per heavy atom. The van der Waals surface area contributed by atoms with Crippen molar-refractivity contribution in [3.05, 3.63) is 54.1 Å². The van der Waals surface area contributed by atoms with Crippen molar-refractivity contribution in [1.82, 2.24) is 4.90 Å². The molecule has 1 saturated heterocycles. The normalized spacial score (nSPS) is 15.4. The predicted molar refractivity (Wildman–Crippen MR) is 89.9 cm³/mol. The highest BCUT2D eigenvalue weighted by Crippen LogP contribution is 2.27. The number of phenolic OH excluding ortho intramolecular Hbond substituents is 1. The van der Waals surface area contributed by atoms with Crippen LogP contribution >= 0.6 is 12.4 Å². The largest absolute Gasteiger partial charge is 0.508 e. The molecule has 1 aliphatic rings. The predicted octanol–water partition coefficient (Wildman–Crippen LogP) is 4.47. The Kier molecular flexibility index (Phi) is 5.66. The van der Waals surface area contributed by atoms with Crippen LogP contribution in [0.2, 0.25) is 0 Å². The van der Waals surface area contributed by atoms with Gasteiger partial charge in [-0.2, -0.15) is 0 Å². The van der Waals surface area contributed by atoms with Crippen LogP contribution in [0.5, 0.6) is 5.75 Å². The molecular weight excluding hydrogens is 282 g/mol. The summed E-state index contributed by atoms with van der Waals surface area (Å²) in [4.78, 5) is 2.44. The molecule has 0 radical (unpaired) electrons. The van der Waals surface area contributed by atoms with Crippen LogP contribution in [0.1, 0.15) is 24.8 Å². The molecule has 0 unspecified atom stereocenters. The Morgan fingerprint density at radius 3 is 2.29 bits per heavy atom. The fraction of sp³-hybridized carbons (Fsp3) is 0.333. The molecule has 0 saturated carbocycles. The number of halogens is 1. The maximum atomic E-state index is 10.1. The third kappa shape index (κ3) is 3.99. The quantitative estimate of drug-likeness (QED) is 0.904. The highest BCUT2D eigenvalue weighted by atomic mass is 35.5. The third-order valence-electron chi connectivity index (χ3n) is 4.03. The topological polar surface area (TPSA) is 23.5 Å². The summed E-state index contributed by atoms with van der Waals surface area (Å²) >= 11 is 0. The first kappa shape index (κ1) is 15.9. The number of piperidine rings is 1. The molecule has 2 aromatic rings. The molecule has 0 bridgehead atoms. The molecule has 1 aliphatic heterocycles. The molecule has 0 amide bonds. The SMILES string of the molecule is Cl.Oc1ccc(-c2ccccc2)cc1CN1CCCCC1. The zero-order chi connectivity index (χ0) is 13.8. The van der Waals surface area contributed by atoms with Gasteiger partial charge in [0.05, 0.1) is 0 Å². The van der Waals surface area contributed by atoms with Crippen LogP contribution in [0.15, 0.2) is 48.5 Å². The van der Waals surface area contributed by atoms with Gasteiger partial charge in [0.2, 0.25) is 0 Å². The lowest BCUT2D eigenvalue weighted by Crippen LogP contribution is -2.29. The van der Waals surface area contributed by atoms with Crippen LogP contribution < -0.4 is 0 Å². The zero-order valence-corrected chi connectivity index (χ0v) is 13.0. The average Bonchev–Trinajstić information content (AvgIpc) is 2.51. The van der Waals surface area contributed by atoms with Gasteiger partial charge < -0.3 is 5.11 Å². The van der Waals surface area contributed by atoms with Gasteiger partial charge in [0.1, 0.15) is 5.75 Å². The van der Waals surface area contributed by atoms with Crippen molar-refractivity contribution in [2.75, 3.05) is 13.1 Å². The minimum Gasteiger partial charge on any atom is -0.508 e. The van der Waals surface area contributed by atoms with E-state index in [-0.39, 0.29) is 12.4 Å². The van der Waals surface area contributed by atoms with Crippen molar-refractivity contribution in [3.63, 3.8) is 0 Å². The summed E-state index contributed by atoms with van der Waals surface area (Å²) in [5.74, 6) is 0.412. The Balaban J connectivity index is 0.00000161. The van der Waals surface area contributed by atoms with Crippen molar-refractivity contribution in [3.8, 4) is 16.9 Å². The monoisotopic (exact) mass is 303 g/mol. The second-order valence-corrected chi connectivity index (χ2v) is 5.55. The van der Waals surface area contributed by atoms with E-state index < -0.39 is 0 Å². The van der Waals surface area contributed by atoms with Crippen molar-refractivity contribution in [2.24, 2.45) is 0 Å². The summed E-state index contributed by atoms with van der Waals surface area (Å²) in [6, 6.07) is 16.3.